The number of nitrogens with zero attached hydrogens (tertiary/aromatic N) is 2. The molecule has 1 saturated heterocycles. The summed E-state index contributed by atoms with van der Waals surface area (Å²) >= 11 is 0. The molecule has 2 aliphatic heterocycles. The first kappa shape index (κ1) is 12.2. The highest BCUT2D eigenvalue weighted by Gasteiger charge is 2.27. The predicted molar refractivity (Wildman–Crippen MR) is 68.2 cm³/mol. The number of benzene rings is 1. The summed E-state index contributed by atoms with van der Waals surface area (Å²) in [6.07, 6.45) is 0. The highest BCUT2D eigenvalue weighted by atomic mass is 16.5. The largest absolute Gasteiger partial charge is 0.372 e. The van der Waals surface area contributed by atoms with Crippen molar-refractivity contribution in [2.24, 2.45) is 0 Å². The molecule has 1 atom stereocenters. The number of carbonyl (C=O) groups excluding carboxylic acids is 1. The molecular formula is C14H15N3O2. The molecule has 5 heteroatoms. The average Bonchev–Trinajstić information content (AvgIpc) is 2.93. The van der Waals surface area contributed by atoms with E-state index in [0.29, 0.717) is 31.9 Å². The fourth-order valence-corrected chi connectivity index (χ4v) is 2.53. The van der Waals surface area contributed by atoms with Gasteiger partial charge in [0.15, 0.2) is 0 Å². The van der Waals surface area contributed by atoms with Crippen molar-refractivity contribution in [3.63, 3.8) is 0 Å². The molecule has 5 nitrogen and oxygen atoms in total. The van der Waals surface area contributed by atoms with E-state index >= 15 is 0 Å². The van der Waals surface area contributed by atoms with Crippen LogP contribution in [-0.4, -0.2) is 36.5 Å². The summed E-state index contributed by atoms with van der Waals surface area (Å²) in [6, 6.07) is 7.45. The topological polar surface area (TPSA) is 65.4 Å². The van der Waals surface area contributed by atoms with Crippen molar-refractivity contribution in [2.75, 3.05) is 19.6 Å². The van der Waals surface area contributed by atoms with Crippen LogP contribution in [0, 0.1) is 11.3 Å². The summed E-state index contributed by atoms with van der Waals surface area (Å²) in [5.41, 5.74) is 2.87. The van der Waals surface area contributed by atoms with Gasteiger partial charge in [-0.3, -0.25) is 4.79 Å². The molecule has 2 aliphatic rings. The summed E-state index contributed by atoms with van der Waals surface area (Å²) in [4.78, 5) is 14.1. The van der Waals surface area contributed by atoms with Gasteiger partial charge in [0.05, 0.1) is 19.3 Å². The zero-order valence-corrected chi connectivity index (χ0v) is 10.6. The van der Waals surface area contributed by atoms with E-state index in [0.717, 1.165) is 17.7 Å². The lowest BCUT2D eigenvalue weighted by Crippen LogP contribution is -2.53. The van der Waals surface area contributed by atoms with Crippen LogP contribution in [-0.2, 0) is 18.0 Å². The monoisotopic (exact) mass is 257 g/mol. The Kier molecular flexibility index (Phi) is 3.20. The van der Waals surface area contributed by atoms with E-state index in [1.807, 2.05) is 18.2 Å². The van der Waals surface area contributed by atoms with E-state index in [4.69, 9.17) is 10.00 Å². The third-order valence-electron chi connectivity index (χ3n) is 3.62. The van der Waals surface area contributed by atoms with E-state index in [2.05, 4.69) is 11.4 Å². The van der Waals surface area contributed by atoms with E-state index < -0.39 is 0 Å². The van der Waals surface area contributed by atoms with E-state index in [-0.39, 0.29) is 11.9 Å². The predicted octanol–water partition coefficient (Wildman–Crippen LogP) is 0.654. The van der Waals surface area contributed by atoms with Gasteiger partial charge in [-0.1, -0.05) is 6.07 Å². The number of amides is 1. The summed E-state index contributed by atoms with van der Waals surface area (Å²) < 4.78 is 5.35. The number of hydrogen-bond donors (Lipinski definition) is 1. The first-order valence-electron chi connectivity index (χ1n) is 6.40. The van der Waals surface area contributed by atoms with Crippen LogP contribution >= 0.6 is 0 Å². The number of fused-ring (bicyclic) bond motifs is 1. The van der Waals surface area contributed by atoms with Crippen LogP contribution in [0.2, 0.25) is 0 Å². The smallest absolute Gasteiger partial charge is 0.255 e. The molecule has 19 heavy (non-hydrogen) atoms. The van der Waals surface area contributed by atoms with Crippen LogP contribution in [0.1, 0.15) is 21.5 Å². The Labute approximate surface area is 111 Å². The lowest BCUT2D eigenvalue weighted by molar-refractivity contribution is 0.0687. The summed E-state index contributed by atoms with van der Waals surface area (Å²) in [5, 5.41) is 12.2. The van der Waals surface area contributed by atoms with E-state index in [1.54, 1.807) is 4.90 Å². The van der Waals surface area contributed by atoms with Crippen molar-refractivity contribution < 1.29 is 9.53 Å². The van der Waals surface area contributed by atoms with Crippen molar-refractivity contribution in [1.82, 2.24) is 10.2 Å². The first-order chi connectivity index (χ1) is 9.29. The fraction of sp³-hybridized carbons (Fsp3) is 0.429. The van der Waals surface area contributed by atoms with Crippen LogP contribution in [0.4, 0.5) is 0 Å². The molecule has 1 amide bonds. The minimum Gasteiger partial charge on any atom is -0.372 e. The quantitative estimate of drug-likeness (QED) is 0.802. The van der Waals surface area contributed by atoms with E-state index in [9.17, 15) is 4.79 Å². The van der Waals surface area contributed by atoms with Crippen LogP contribution < -0.4 is 5.32 Å². The van der Waals surface area contributed by atoms with Gasteiger partial charge in [0, 0.05) is 25.2 Å². The van der Waals surface area contributed by atoms with Gasteiger partial charge in [0.1, 0.15) is 6.04 Å². The molecule has 0 radical (unpaired) electrons. The number of ether oxygens (including phenoxy) is 1. The zero-order chi connectivity index (χ0) is 13.2. The Morgan fingerprint density at radius 3 is 3.11 bits per heavy atom. The molecule has 0 bridgehead atoms. The lowest BCUT2D eigenvalue weighted by Gasteiger charge is -2.32. The summed E-state index contributed by atoms with van der Waals surface area (Å²) in [7, 11) is 0. The number of rotatable bonds is 1. The summed E-state index contributed by atoms with van der Waals surface area (Å²) in [5.74, 6) is -0.0669. The molecule has 1 N–H and O–H groups in total. The highest BCUT2D eigenvalue weighted by molar-refractivity contribution is 5.95. The molecule has 98 valence electrons. The molecule has 0 spiro atoms. The van der Waals surface area contributed by atoms with Gasteiger partial charge >= 0.3 is 0 Å². The van der Waals surface area contributed by atoms with Gasteiger partial charge in [0.2, 0.25) is 0 Å². The van der Waals surface area contributed by atoms with E-state index in [1.165, 1.54) is 0 Å². The van der Waals surface area contributed by atoms with Crippen LogP contribution in [0.5, 0.6) is 0 Å². The second-order valence-electron chi connectivity index (χ2n) is 4.82. The average molecular weight is 257 g/mol. The molecule has 1 aromatic rings. The number of piperazine rings is 1. The molecular weight excluding hydrogens is 242 g/mol. The van der Waals surface area contributed by atoms with Crippen LogP contribution in [0.3, 0.4) is 0 Å². The molecule has 1 fully saturated rings. The van der Waals surface area contributed by atoms with Crippen molar-refractivity contribution in [3.8, 4) is 6.07 Å². The Balaban J connectivity index is 1.85. The second kappa shape index (κ2) is 5.00. The van der Waals surface area contributed by atoms with Crippen molar-refractivity contribution in [1.29, 1.82) is 5.26 Å². The normalized spacial score (nSPS) is 21.8. The van der Waals surface area contributed by atoms with Crippen molar-refractivity contribution in [2.45, 2.75) is 19.3 Å². The SMILES string of the molecule is N#CC1CNCCN1C(=O)c1ccc2c(c1)COC2. The zero-order valence-electron chi connectivity index (χ0n) is 10.6. The van der Waals surface area contributed by atoms with Crippen LogP contribution in [0.25, 0.3) is 0 Å². The number of nitriles is 1. The molecule has 0 aliphatic carbocycles. The molecule has 0 aromatic heterocycles. The maximum Gasteiger partial charge on any atom is 0.255 e. The van der Waals surface area contributed by atoms with Gasteiger partial charge < -0.3 is 15.0 Å². The minimum absolute atomic E-state index is 0.0669. The Hall–Kier alpha value is -1.90. The fourth-order valence-electron chi connectivity index (χ4n) is 2.53. The standard InChI is InChI=1S/C14H15N3O2/c15-6-13-7-16-3-4-17(13)14(18)10-1-2-11-8-19-9-12(11)5-10/h1-2,5,13,16H,3-4,7-9H2. The third kappa shape index (κ3) is 2.21. The minimum atomic E-state index is -0.384. The van der Waals surface area contributed by atoms with Gasteiger partial charge in [-0.05, 0) is 23.3 Å². The Morgan fingerprint density at radius 1 is 1.42 bits per heavy atom. The van der Waals surface area contributed by atoms with Gasteiger partial charge in [0.25, 0.3) is 5.91 Å². The lowest BCUT2D eigenvalue weighted by atomic mass is 10.0. The van der Waals surface area contributed by atoms with Gasteiger partial charge in [-0.25, -0.2) is 0 Å². The maximum absolute atomic E-state index is 12.5. The highest BCUT2D eigenvalue weighted by Crippen LogP contribution is 2.22. The van der Waals surface area contributed by atoms with Crippen molar-refractivity contribution >= 4 is 5.91 Å². The molecule has 0 saturated carbocycles. The Bertz CT molecular complexity index is 550. The second-order valence-corrected chi connectivity index (χ2v) is 4.82. The summed E-state index contributed by atoms with van der Waals surface area (Å²) in [6.45, 7) is 3.04. The number of hydrogen-bond acceptors (Lipinski definition) is 4. The Morgan fingerprint density at radius 2 is 2.26 bits per heavy atom. The van der Waals surface area contributed by atoms with Crippen LogP contribution in [0.15, 0.2) is 18.2 Å². The molecule has 2 heterocycles. The van der Waals surface area contributed by atoms with Crippen molar-refractivity contribution in [3.05, 3.63) is 34.9 Å². The van der Waals surface area contributed by atoms with Gasteiger partial charge in [-0.2, -0.15) is 5.26 Å². The number of carbonyl (C=O) groups is 1. The molecule has 3 rings (SSSR count). The molecule has 1 aromatic carbocycles. The number of nitrogens with one attached hydrogen (secondary N) is 1. The third-order valence-corrected chi connectivity index (χ3v) is 3.62. The molecule has 1 unspecified atom stereocenters. The van der Waals surface area contributed by atoms with Gasteiger partial charge in [-0.15, -0.1) is 0 Å². The first-order valence-corrected chi connectivity index (χ1v) is 6.40. The maximum atomic E-state index is 12.5.